The molecule has 8 aromatic rings. The maximum Gasteiger partial charge on any atom is 0.0555 e. The quantitative estimate of drug-likeness (QED) is 0.214. The van der Waals surface area contributed by atoms with Gasteiger partial charge in [-0.25, -0.2) is 0 Å². The van der Waals surface area contributed by atoms with E-state index >= 15 is 0 Å². The zero-order valence-corrected chi connectivity index (χ0v) is 22.6. The standard InChI is InChI=1S/C38H25NS/c1-4-12-26(13-5-1)27-20-22-30(23-21-27)39-33-19-11-10-18-31(33)36-34(39)25-24-32-35(28-14-6-2-7-15-28)37(40-38(32)36)29-16-8-3-9-17-29/h1-25H. The van der Waals surface area contributed by atoms with Crippen LogP contribution in [-0.4, -0.2) is 4.57 Å². The van der Waals surface area contributed by atoms with Gasteiger partial charge in [-0.3, -0.25) is 0 Å². The number of hydrogen-bond acceptors (Lipinski definition) is 1. The van der Waals surface area contributed by atoms with Gasteiger partial charge in [0.25, 0.3) is 0 Å². The molecule has 0 spiro atoms. The zero-order chi connectivity index (χ0) is 26.5. The van der Waals surface area contributed by atoms with Crippen molar-refractivity contribution in [3.8, 4) is 38.4 Å². The molecule has 2 aromatic heterocycles. The number of benzene rings is 6. The predicted octanol–water partition coefficient (Wildman–Crippen LogP) is 11.0. The van der Waals surface area contributed by atoms with Crippen molar-refractivity contribution in [2.75, 3.05) is 0 Å². The summed E-state index contributed by atoms with van der Waals surface area (Å²) < 4.78 is 3.76. The van der Waals surface area contributed by atoms with E-state index in [0.717, 1.165) is 0 Å². The Hall–Kier alpha value is -4.92. The van der Waals surface area contributed by atoms with E-state index in [9.17, 15) is 0 Å². The summed E-state index contributed by atoms with van der Waals surface area (Å²) in [5.74, 6) is 0. The minimum absolute atomic E-state index is 1.17. The van der Waals surface area contributed by atoms with Gasteiger partial charge in [-0.15, -0.1) is 11.3 Å². The molecule has 0 aliphatic rings. The van der Waals surface area contributed by atoms with Gasteiger partial charge in [0.1, 0.15) is 0 Å². The number of rotatable bonds is 4. The van der Waals surface area contributed by atoms with Crippen molar-refractivity contribution in [1.82, 2.24) is 4.57 Å². The topological polar surface area (TPSA) is 4.93 Å². The average molecular weight is 528 g/mol. The molecule has 0 unspecified atom stereocenters. The zero-order valence-electron chi connectivity index (χ0n) is 21.8. The molecule has 6 aromatic carbocycles. The summed E-state index contributed by atoms with van der Waals surface area (Å²) in [4.78, 5) is 1.32. The van der Waals surface area contributed by atoms with Crippen molar-refractivity contribution in [3.05, 3.63) is 152 Å². The lowest BCUT2D eigenvalue weighted by molar-refractivity contribution is 1.18. The van der Waals surface area contributed by atoms with E-state index in [1.165, 1.54) is 70.3 Å². The first kappa shape index (κ1) is 23.0. The fourth-order valence-electron chi connectivity index (χ4n) is 6.00. The Bertz CT molecular complexity index is 2120. The van der Waals surface area contributed by atoms with Gasteiger partial charge < -0.3 is 4.57 Å². The van der Waals surface area contributed by atoms with Crippen LogP contribution in [0.2, 0.25) is 0 Å². The van der Waals surface area contributed by atoms with Gasteiger partial charge in [0.05, 0.1) is 11.0 Å². The second-order valence-electron chi connectivity index (χ2n) is 10.1. The fourth-order valence-corrected chi connectivity index (χ4v) is 7.39. The molecule has 1 nitrogen and oxygen atoms in total. The highest BCUT2D eigenvalue weighted by molar-refractivity contribution is 7.24. The summed E-state index contributed by atoms with van der Waals surface area (Å²) in [5, 5.41) is 3.92. The van der Waals surface area contributed by atoms with Crippen molar-refractivity contribution < 1.29 is 0 Å². The largest absolute Gasteiger partial charge is 0.309 e. The van der Waals surface area contributed by atoms with Crippen LogP contribution in [0.15, 0.2) is 152 Å². The Morgan fingerprint density at radius 1 is 0.400 bits per heavy atom. The molecule has 2 heterocycles. The summed E-state index contributed by atoms with van der Waals surface area (Å²) in [6.45, 7) is 0. The summed E-state index contributed by atoms with van der Waals surface area (Å²) in [6, 6.07) is 54.7. The van der Waals surface area contributed by atoms with Gasteiger partial charge >= 0.3 is 0 Å². The number of para-hydroxylation sites is 1. The molecule has 0 aliphatic carbocycles. The molecule has 40 heavy (non-hydrogen) atoms. The van der Waals surface area contributed by atoms with Gasteiger partial charge in [-0.2, -0.15) is 0 Å². The molecule has 0 saturated heterocycles. The normalized spacial score (nSPS) is 11.5. The lowest BCUT2D eigenvalue weighted by Crippen LogP contribution is -1.93. The van der Waals surface area contributed by atoms with Crippen LogP contribution >= 0.6 is 11.3 Å². The molecule has 8 rings (SSSR count). The van der Waals surface area contributed by atoms with Crippen LogP contribution in [0.25, 0.3) is 70.3 Å². The van der Waals surface area contributed by atoms with E-state index in [-0.39, 0.29) is 0 Å². The first-order valence-corrected chi connectivity index (χ1v) is 14.4. The summed E-state index contributed by atoms with van der Waals surface area (Å²) in [5.41, 5.74) is 9.94. The van der Waals surface area contributed by atoms with Gasteiger partial charge in [-0.05, 0) is 46.5 Å². The second-order valence-corrected chi connectivity index (χ2v) is 11.2. The Labute approximate surface area is 237 Å². The van der Waals surface area contributed by atoms with Crippen molar-refractivity contribution in [2.45, 2.75) is 0 Å². The van der Waals surface area contributed by atoms with Crippen molar-refractivity contribution >= 4 is 43.2 Å². The fraction of sp³-hybridized carbons (Fsp3) is 0. The molecular formula is C38H25NS. The van der Waals surface area contributed by atoms with Crippen LogP contribution < -0.4 is 0 Å². The molecule has 0 radical (unpaired) electrons. The summed E-state index contributed by atoms with van der Waals surface area (Å²) in [6.07, 6.45) is 0. The highest BCUT2D eigenvalue weighted by Crippen LogP contribution is 2.49. The van der Waals surface area contributed by atoms with Crippen LogP contribution in [0.1, 0.15) is 0 Å². The van der Waals surface area contributed by atoms with E-state index in [0.29, 0.717) is 0 Å². The third-order valence-electron chi connectivity index (χ3n) is 7.82. The van der Waals surface area contributed by atoms with E-state index in [4.69, 9.17) is 0 Å². The van der Waals surface area contributed by atoms with Crippen LogP contribution in [0.5, 0.6) is 0 Å². The van der Waals surface area contributed by atoms with Crippen LogP contribution in [0.3, 0.4) is 0 Å². The first-order chi connectivity index (χ1) is 19.9. The number of aromatic nitrogens is 1. The lowest BCUT2D eigenvalue weighted by atomic mass is 9.98. The monoisotopic (exact) mass is 527 g/mol. The van der Waals surface area contributed by atoms with E-state index in [1.807, 2.05) is 11.3 Å². The van der Waals surface area contributed by atoms with Crippen molar-refractivity contribution in [3.63, 3.8) is 0 Å². The minimum Gasteiger partial charge on any atom is -0.309 e. The molecule has 0 atom stereocenters. The van der Waals surface area contributed by atoms with Gasteiger partial charge in [-0.1, -0.05) is 127 Å². The molecule has 0 saturated carbocycles. The van der Waals surface area contributed by atoms with E-state index < -0.39 is 0 Å². The maximum atomic E-state index is 2.42. The maximum absolute atomic E-state index is 2.42. The molecule has 0 N–H and O–H groups in total. The van der Waals surface area contributed by atoms with Crippen LogP contribution in [0, 0.1) is 0 Å². The third-order valence-corrected chi connectivity index (χ3v) is 9.09. The molecule has 0 fully saturated rings. The smallest absolute Gasteiger partial charge is 0.0555 e. The summed E-state index contributed by atoms with van der Waals surface area (Å²) >= 11 is 1.91. The molecule has 2 heteroatoms. The number of hydrogen-bond donors (Lipinski definition) is 0. The first-order valence-electron chi connectivity index (χ1n) is 13.6. The van der Waals surface area contributed by atoms with Crippen molar-refractivity contribution in [1.29, 1.82) is 0 Å². The molecule has 0 amide bonds. The summed E-state index contributed by atoms with van der Waals surface area (Å²) in [7, 11) is 0. The SMILES string of the molecule is c1ccc(-c2ccc(-n3c4ccccc4c4c5sc(-c6ccccc6)c(-c6ccccc6)c5ccc43)cc2)cc1. The Morgan fingerprint density at radius 3 is 1.68 bits per heavy atom. The second kappa shape index (κ2) is 9.37. The van der Waals surface area contributed by atoms with Crippen LogP contribution in [-0.2, 0) is 0 Å². The van der Waals surface area contributed by atoms with E-state index in [1.54, 1.807) is 0 Å². The number of nitrogens with zero attached hydrogens (tertiary/aromatic N) is 1. The average Bonchev–Trinajstić information content (AvgIpc) is 3.59. The molecule has 188 valence electrons. The third kappa shape index (κ3) is 3.61. The Balaban J connectivity index is 1.42. The lowest BCUT2D eigenvalue weighted by Gasteiger charge is -2.10. The highest BCUT2D eigenvalue weighted by atomic mass is 32.1. The molecular weight excluding hydrogens is 502 g/mol. The Morgan fingerprint density at radius 2 is 0.975 bits per heavy atom. The minimum atomic E-state index is 1.17. The van der Waals surface area contributed by atoms with Gasteiger partial charge in [0.15, 0.2) is 0 Å². The Kier molecular flexibility index (Phi) is 5.39. The molecule has 0 bridgehead atoms. The highest BCUT2D eigenvalue weighted by Gasteiger charge is 2.21. The van der Waals surface area contributed by atoms with Gasteiger partial charge in [0, 0.05) is 37.0 Å². The van der Waals surface area contributed by atoms with Gasteiger partial charge in [0.2, 0.25) is 0 Å². The number of thiophene rings is 1. The molecule has 0 aliphatic heterocycles. The number of fused-ring (bicyclic) bond motifs is 5. The van der Waals surface area contributed by atoms with Crippen LogP contribution in [0.4, 0.5) is 0 Å². The predicted molar refractivity (Wildman–Crippen MR) is 172 cm³/mol. The van der Waals surface area contributed by atoms with Crippen molar-refractivity contribution in [2.24, 2.45) is 0 Å². The van der Waals surface area contributed by atoms with E-state index in [2.05, 4.69) is 156 Å².